The molecular weight excluding hydrogens is 333 g/mol. The number of hydrogen-bond acceptors (Lipinski definition) is 4. The molecule has 1 aliphatic rings. The lowest BCUT2D eigenvalue weighted by molar-refractivity contribution is -0.119. The molecule has 0 spiro atoms. The molecule has 0 unspecified atom stereocenters. The molecule has 1 amide bonds. The minimum absolute atomic E-state index is 0.0312. The van der Waals surface area contributed by atoms with E-state index in [4.69, 9.17) is 4.74 Å². The molecule has 0 bridgehead atoms. The van der Waals surface area contributed by atoms with Crippen molar-refractivity contribution in [2.75, 3.05) is 18.0 Å². The minimum atomic E-state index is -0.283. The zero-order valence-corrected chi connectivity index (χ0v) is 15.3. The number of pyridine rings is 1. The summed E-state index contributed by atoms with van der Waals surface area (Å²) in [5.41, 5.74) is 1.45. The molecule has 0 aliphatic carbocycles. The minimum Gasteiger partial charge on any atom is -0.489 e. The lowest BCUT2D eigenvalue weighted by Crippen LogP contribution is -2.25. The molecule has 0 saturated carbocycles. The standard InChI is InChI=1S/C20H24FN3O2/c1-13(22-15(3)25)16-4-6-17(7-5-16)26-18-10-11-24(12-18)20-9-8-19(21)14(2)23-20/h4-9,13,18H,10-12H2,1-3H3,(H,22,25)/t13-,18+/m0/s1. The molecule has 1 fully saturated rings. The lowest BCUT2D eigenvalue weighted by atomic mass is 10.1. The Labute approximate surface area is 153 Å². The first-order valence-electron chi connectivity index (χ1n) is 8.84. The quantitative estimate of drug-likeness (QED) is 0.891. The predicted octanol–water partition coefficient (Wildman–Crippen LogP) is 3.38. The number of benzene rings is 1. The van der Waals surface area contributed by atoms with E-state index < -0.39 is 0 Å². The van der Waals surface area contributed by atoms with Gasteiger partial charge in [0.2, 0.25) is 5.91 Å². The number of nitrogens with zero attached hydrogens (tertiary/aromatic N) is 2. The van der Waals surface area contributed by atoms with Crippen molar-refractivity contribution < 1.29 is 13.9 Å². The number of aryl methyl sites for hydroxylation is 1. The zero-order valence-electron chi connectivity index (χ0n) is 15.3. The van der Waals surface area contributed by atoms with Crippen molar-refractivity contribution in [1.82, 2.24) is 10.3 Å². The van der Waals surface area contributed by atoms with Crippen LogP contribution >= 0.6 is 0 Å². The molecule has 5 nitrogen and oxygen atoms in total. The molecule has 1 saturated heterocycles. The van der Waals surface area contributed by atoms with Gasteiger partial charge < -0.3 is 15.0 Å². The summed E-state index contributed by atoms with van der Waals surface area (Å²) in [6.07, 6.45) is 0.961. The van der Waals surface area contributed by atoms with E-state index in [-0.39, 0.29) is 23.9 Å². The number of carbonyl (C=O) groups excluding carboxylic acids is 1. The molecular formula is C20H24FN3O2. The van der Waals surface area contributed by atoms with Gasteiger partial charge in [-0.05, 0) is 43.7 Å². The molecule has 2 atom stereocenters. The van der Waals surface area contributed by atoms with E-state index >= 15 is 0 Å². The highest BCUT2D eigenvalue weighted by Gasteiger charge is 2.25. The van der Waals surface area contributed by atoms with Crippen LogP contribution in [0.15, 0.2) is 36.4 Å². The Hall–Kier alpha value is -2.63. The van der Waals surface area contributed by atoms with Gasteiger partial charge in [-0.2, -0.15) is 0 Å². The van der Waals surface area contributed by atoms with Crippen LogP contribution in [0.5, 0.6) is 5.75 Å². The van der Waals surface area contributed by atoms with Crippen LogP contribution in [0.1, 0.15) is 37.6 Å². The number of nitrogens with one attached hydrogen (secondary N) is 1. The molecule has 6 heteroatoms. The summed E-state index contributed by atoms with van der Waals surface area (Å²) >= 11 is 0. The van der Waals surface area contributed by atoms with Crippen LogP contribution in [-0.2, 0) is 4.79 Å². The summed E-state index contributed by atoms with van der Waals surface area (Å²) in [4.78, 5) is 17.6. The van der Waals surface area contributed by atoms with Gasteiger partial charge in [0.25, 0.3) is 0 Å². The van der Waals surface area contributed by atoms with E-state index in [1.54, 1.807) is 13.0 Å². The fourth-order valence-corrected chi connectivity index (χ4v) is 3.16. The van der Waals surface area contributed by atoms with E-state index in [1.165, 1.54) is 13.0 Å². The molecule has 26 heavy (non-hydrogen) atoms. The van der Waals surface area contributed by atoms with Crippen molar-refractivity contribution in [1.29, 1.82) is 0 Å². The number of ether oxygens (including phenoxy) is 1. The van der Waals surface area contributed by atoms with Crippen LogP contribution in [0.2, 0.25) is 0 Å². The van der Waals surface area contributed by atoms with Crippen molar-refractivity contribution in [3.8, 4) is 5.75 Å². The highest BCUT2D eigenvalue weighted by atomic mass is 19.1. The number of halogens is 1. The lowest BCUT2D eigenvalue weighted by Gasteiger charge is -2.19. The fourth-order valence-electron chi connectivity index (χ4n) is 3.16. The van der Waals surface area contributed by atoms with Crippen molar-refractivity contribution >= 4 is 11.7 Å². The topological polar surface area (TPSA) is 54.5 Å². The predicted molar refractivity (Wildman–Crippen MR) is 98.9 cm³/mol. The van der Waals surface area contributed by atoms with Gasteiger partial charge in [-0.1, -0.05) is 12.1 Å². The van der Waals surface area contributed by atoms with Crippen LogP contribution in [-0.4, -0.2) is 30.1 Å². The Kier molecular flexibility index (Phi) is 5.40. The van der Waals surface area contributed by atoms with Crippen LogP contribution in [0.4, 0.5) is 10.2 Å². The van der Waals surface area contributed by atoms with Gasteiger partial charge >= 0.3 is 0 Å². The highest BCUT2D eigenvalue weighted by Crippen LogP contribution is 2.24. The Morgan fingerprint density at radius 3 is 2.69 bits per heavy atom. The van der Waals surface area contributed by atoms with Crippen molar-refractivity contribution in [3.63, 3.8) is 0 Å². The number of carbonyl (C=O) groups is 1. The van der Waals surface area contributed by atoms with E-state index in [1.807, 2.05) is 31.2 Å². The zero-order chi connectivity index (χ0) is 18.7. The Bertz CT molecular complexity index is 779. The van der Waals surface area contributed by atoms with Crippen molar-refractivity contribution in [2.45, 2.75) is 39.3 Å². The molecule has 2 heterocycles. The van der Waals surface area contributed by atoms with Crippen molar-refractivity contribution in [3.05, 3.63) is 53.5 Å². The average Bonchev–Trinajstić information content (AvgIpc) is 3.06. The van der Waals surface area contributed by atoms with Gasteiger partial charge in [0.05, 0.1) is 18.3 Å². The van der Waals surface area contributed by atoms with Crippen LogP contribution in [0.3, 0.4) is 0 Å². The van der Waals surface area contributed by atoms with E-state index in [0.717, 1.165) is 36.6 Å². The molecule has 0 radical (unpaired) electrons. The maximum atomic E-state index is 13.4. The molecule has 1 aromatic carbocycles. The van der Waals surface area contributed by atoms with Gasteiger partial charge in [-0.25, -0.2) is 9.37 Å². The Morgan fingerprint density at radius 1 is 1.31 bits per heavy atom. The summed E-state index contributed by atoms with van der Waals surface area (Å²) in [5, 5.41) is 2.86. The Morgan fingerprint density at radius 2 is 2.04 bits per heavy atom. The molecule has 138 valence electrons. The average molecular weight is 357 g/mol. The van der Waals surface area contributed by atoms with E-state index in [9.17, 15) is 9.18 Å². The smallest absolute Gasteiger partial charge is 0.217 e. The SMILES string of the molecule is CC(=O)N[C@@H](C)c1ccc(O[C@@H]2CCN(c3ccc(F)c(C)n3)C2)cc1. The second-order valence-corrected chi connectivity index (χ2v) is 6.70. The summed E-state index contributed by atoms with van der Waals surface area (Å²) in [7, 11) is 0. The second kappa shape index (κ2) is 7.72. The summed E-state index contributed by atoms with van der Waals surface area (Å²) < 4.78 is 19.4. The van der Waals surface area contributed by atoms with Crippen molar-refractivity contribution in [2.24, 2.45) is 0 Å². The van der Waals surface area contributed by atoms with Gasteiger partial charge in [0, 0.05) is 19.9 Å². The molecule has 1 aliphatic heterocycles. The summed E-state index contributed by atoms with van der Waals surface area (Å²) in [6, 6.07) is 10.9. The second-order valence-electron chi connectivity index (χ2n) is 6.70. The van der Waals surface area contributed by atoms with E-state index in [2.05, 4.69) is 15.2 Å². The van der Waals surface area contributed by atoms with Gasteiger partial charge in [0.1, 0.15) is 23.5 Å². The number of anilines is 1. The third-order valence-electron chi connectivity index (χ3n) is 4.58. The third-order valence-corrected chi connectivity index (χ3v) is 4.58. The van der Waals surface area contributed by atoms with Gasteiger partial charge in [-0.15, -0.1) is 0 Å². The first-order chi connectivity index (χ1) is 12.4. The molecule has 1 aromatic heterocycles. The highest BCUT2D eigenvalue weighted by molar-refractivity contribution is 5.73. The van der Waals surface area contributed by atoms with Gasteiger partial charge in [0.15, 0.2) is 0 Å². The van der Waals surface area contributed by atoms with Gasteiger partial charge in [-0.3, -0.25) is 4.79 Å². The molecule has 1 N–H and O–H groups in total. The van der Waals surface area contributed by atoms with Crippen LogP contribution < -0.4 is 15.0 Å². The fraction of sp³-hybridized carbons (Fsp3) is 0.400. The number of amides is 1. The summed E-state index contributed by atoms with van der Waals surface area (Å²) in [5.74, 6) is 1.26. The Balaban J connectivity index is 1.58. The number of rotatable bonds is 5. The van der Waals surface area contributed by atoms with Crippen LogP contribution in [0.25, 0.3) is 0 Å². The largest absolute Gasteiger partial charge is 0.489 e. The first-order valence-corrected chi connectivity index (χ1v) is 8.84. The number of aromatic nitrogens is 1. The maximum Gasteiger partial charge on any atom is 0.217 e. The maximum absolute atomic E-state index is 13.4. The normalized spacial score (nSPS) is 17.8. The third kappa shape index (κ3) is 4.31. The first kappa shape index (κ1) is 18.2. The summed E-state index contributed by atoms with van der Waals surface area (Å²) in [6.45, 7) is 6.69. The van der Waals surface area contributed by atoms with Crippen LogP contribution in [0, 0.1) is 12.7 Å². The monoisotopic (exact) mass is 357 g/mol. The van der Waals surface area contributed by atoms with E-state index in [0.29, 0.717) is 5.69 Å². The number of hydrogen-bond donors (Lipinski definition) is 1. The molecule has 2 aromatic rings. The molecule has 3 rings (SSSR count).